The molecular weight excluding hydrogens is 318 g/mol. The molecule has 25 heavy (non-hydrogen) atoms. The standard InChI is InChI=1S/C19H23N3O3/c1-5-16(18(24)25-19(2,3)4)21-15-8-6-14(7-9-15)12-17(23)22-11-10-20-13-22/h5-11,13,16,21H,1,12H2,2-4H3. The first-order valence-corrected chi connectivity index (χ1v) is 8.00. The van der Waals surface area contributed by atoms with E-state index in [0.717, 1.165) is 11.3 Å². The van der Waals surface area contributed by atoms with Crippen LogP contribution in [0.3, 0.4) is 0 Å². The van der Waals surface area contributed by atoms with Gasteiger partial charge in [-0.2, -0.15) is 0 Å². The van der Waals surface area contributed by atoms with Gasteiger partial charge in [0.15, 0.2) is 0 Å². The van der Waals surface area contributed by atoms with Crippen LogP contribution in [0, 0.1) is 0 Å². The van der Waals surface area contributed by atoms with Gasteiger partial charge in [-0.1, -0.05) is 18.2 Å². The van der Waals surface area contributed by atoms with E-state index in [1.54, 1.807) is 12.4 Å². The third-order valence-electron chi connectivity index (χ3n) is 3.32. The van der Waals surface area contributed by atoms with Crippen LogP contribution < -0.4 is 5.32 Å². The number of aromatic nitrogens is 2. The Morgan fingerprint density at radius 3 is 2.52 bits per heavy atom. The fourth-order valence-corrected chi connectivity index (χ4v) is 2.15. The van der Waals surface area contributed by atoms with E-state index >= 15 is 0 Å². The molecule has 6 heteroatoms. The number of nitrogens with one attached hydrogen (secondary N) is 1. The number of nitrogens with zero attached hydrogens (tertiary/aromatic N) is 2. The highest BCUT2D eigenvalue weighted by Crippen LogP contribution is 2.15. The Labute approximate surface area is 147 Å². The van der Waals surface area contributed by atoms with Crippen LogP contribution in [0.15, 0.2) is 55.6 Å². The molecule has 0 amide bonds. The van der Waals surface area contributed by atoms with Crippen LogP contribution in [0.4, 0.5) is 5.69 Å². The summed E-state index contributed by atoms with van der Waals surface area (Å²) in [6.07, 6.45) is 6.44. The van der Waals surface area contributed by atoms with Crippen LogP contribution in [0.25, 0.3) is 0 Å². The molecule has 0 radical (unpaired) electrons. The minimum absolute atomic E-state index is 0.0593. The van der Waals surface area contributed by atoms with Crippen molar-refractivity contribution in [2.75, 3.05) is 5.32 Å². The highest BCUT2D eigenvalue weighted by molar-refractivity contribution is 5.82. The van der Waals surface area contributed by atoms with Crippen LogP contribution >= 0.6 is 0 Å². The normalized spacial score (nSPS) is 12.3. The van der Waals surface area contributed by atoms with Gasteiger partial charge in [-0.05, 0) is 38.5 Å². The Morgan fingerprint density at radius 2 is 2.00 bits per heavy atom. The molecule has 2 aromatic rings. The van der Waals surface area contributed by atoms with Gasteiger partial charge in [0.05, 0.1) is 6.42 Å². The van der Waals surface area contributed by atoms with Crippen LogP contribution in [0.1, 0.15) is 31.1 Å². The molecule has 0 saturated heterocycles. The predicted octanol–water partition coefficient (Wildman–Crippen LogP) is 3.07. The van der Waals surface area contributed by atoms with E-state index in [1.165, 1.54) is 17.0 Å². The van der Waals surface area contributed by atoms with Crippen molar-refractivity contribution in [2.24, 2.45) is 0 Å². The van der Waals surface area contributed by atoms with Crippen molar-refractivity contribution in [1.29, 1.82) is 0 Å². The number of ether oxygens (including phenoxy) is 1. The summed E-state index contributed by atoms with van der Waals surface area (Å²) in [6, 6.07) is 6.67. The minimum Gasteiger partial charge on any atom is -0.458 e. The summed E-state index contributed by atoms with van der Waals surface area (Å²) in [5, 5.41) is 3.07. The number of imidazole rings is 1. The Hall–Kier alpha value is -2.89. The van der Waals surface area contributed by atoms with E-state index in [9.17, 15) is 9.59 Å². The summed E-state index contributed by atoms with van der Waals surface area (Å²) in [4.78, 5) is 28.0. The van der Waals surface area contributed by atoms with Gasteiger partial charge in [-0.3, -0.25) is 9.36 Å². The molecule has 1 aromatic heterocycles. The molecule has 1 atom stereocenters. The van der Waals surface area contributed by atoms with Crippen molar-refractivity contribution >= 4 is 17.6 Å². The average molecular weight is 341 g/mol. The van der Waals surface area contributed by atoms with Gasteiger partial charge < -0.3 is 10.1 Å². The number of benzene rings is 1. The Bertz CT molecular complexity index is 728. The summed E-state index contributed by atoms with van der Waals surface area (Å²) < 4.78 is 6.80. The minimum atomic E-state index is -0.641. The second kappa shape index (κ2) is 7.79. The molecule has 1 N–H and O–H groups in total. The zero-order chi connectivity index (χ0) is 18.4. The van der Waals surface area contributed by atoms with E-state index < -0.39 is 11.6 Å². The SMILES string of the molecule is C=CC(Nc1ccc(CC(=O)n2ccnc2)cc1)C(=O)OC(C)(C)C. The van der Waals surface area contributed by atoms with Gasteiger partial charge >= 0.3 is 5.97 Å². The van der Waals surface area contributed by atoms with Crippen molar-refractivity contribution in [3.8, 4) is 0 Å². The highest BCUT2D eigenvalue weighted by atomic mass is 16.6. The number of carbonyl (C=O) groups is 2. The van der Waals surface area contributed by atoms with Crippen LogP contribution in [0.5, 0.6) is 0 Å². The van der Waals surface area contributed by atoms with Crippen LogP contribution in [-0.2, 0) is 16.0 Å². The molecule has 1 heterocycles. The molecule has 0 spiro atoms. The lowest BCUT2D eigenvalue weighted by atomic mass is 10.1. The topological polar surface area (TPSA) is 73.2 Å². The molecule has 132 valence electrons. The number of carbonyl (C=O) groups excluding carboxylic acids is 2. The monoisotopic (exact) mass is 341 g/mol. The fraction of sp³-hybridized carbons (Fsp3) is 0.316. The highest BCUT2D eigenvalue weighted by Gasteiger charge is 2.22. The maximum absolute atomic E-state index is 12.1. The zero-order valence-corrected chi connectivity index (χ0v) is 14.7. The maximum Gasteiger partial charge on any atom is 0.333 e. The molecule has 2 rings (SSSR count). The Kier molecular flexibility index (Phi) is 5.75. The second-order valence-corrected chi connectivity index (χ2v) is 6.63. The summed E-state index contributed by atoms with van der Waals surface area (Å²) in [5.74, 6) is -0.446. The number of hydrogen-bond acceptors (Lipinski definition) is 5. The predicted molar refractivity (Wildman–Crippen MR) is 96.5 cm³/mol. The first-order valence-electron chi connectivity index (χ1n) is 8.00. The lowest BCUT2D eigenvalue weighted by Crippen LogP contribution is -2.35. The Balaban J connectivity index is 1.98. The van der Waals surface area contributed by atoms with Gasteiger partial charge in [0.2, 0.25) is 5.91 Å². The van der Waals surface area contributed by atoms with Crippen molar-refractivity contribution in [2.45, 2.75) is 38.8 Å². The fourth-order valence-electron chi connectivity index (χ4n) is 2.15. The molecule has 0 aliphatic rings. The summed E-state index contributed by atoms with van der Waals surface area (Å²) in [6.45, 7) is 9.13. The number of hydrogen-bond donors (Lipinski definition) is 1. The second-order valence-electron chi connectivity index (χ2n) is 6.63. The van der Waals surface area contributed by atoms with Crippen LogP contribution in [-0.4, -0.2) is 33.1 Å². The molecule has 0 aliphatic heterocycles. The summed E-state index contributed by atoms with van der Waals surface area (Å²) >= 11 is 0. The number of anilines is 1. The third kappa shape index (κ3) is 5.60. The van der Waals surface area contributed by atoms with Crippen molar-refractivity contribution in [1.82, 2.24) is 9.55 Å². The van der Waals surface area contributed by atoms with E-state index in [4.69, 9.17) is 4.74 Å². The summed E-state index contributed by atoms with van der Waals surface area (Å²) in [5.41, 5.74) is 1.06. The maximum atomic E-state index is 12.1. The van der Waals surface area contributed by atoms with E-state index in [2.05, 4.69) is 16.9 Å². The van der Waals surface area contributed by atoms with E-state index in [0.29, 0.717) is 0 Å². The lowest BCUT2D eigenvalue weighted by Gasteiger charge is -2.23. The Morgan fingerprint density at radius 1 is 1.32 bits per heavy atom. The van der Waals surface area contributed by atoms with Crippen LogP contribution in [0.2, 0.25) is 0 Å². The largest absolute Gasteiger partial charge is 0.458 e. The quantitative estimate of drug-likeness (QED) is 0.646. The van der Waals surface area contributed by atoms with Gasteiger partial charge in [0, 0.05) is 18.1 Å². The molecule has 0 fully saturated rings. The average Bonchev–Trinajstić information content (AvgIpc) is 3.07. The molecule has 1 unspecified atom stereocenters. The zero-order valence-electron chi connectivity index (χ0n) is 14.7. The van der Waals surface area contributed by atoms with Crippen molar-refractivity contribution < 1.29 is 14.3 Å². The van der Waals surface area contributed by atoms with Gasteiger partial charge in [0.25, 0.3) is 0 Å². The van der Waals surface area contributed by atoms with Crippen molar-refractivity contribution in [3.63, 3.8) is 0 Å². The first-order chi connectivity index (χ1) is 11.8. The molecule has 0 bridgehead atoms. The van der Waals surface area contributed by atoms with E-state index in [-0.39, 0.29) is 18.3 Å². The number of rotatable bonds is 6. The number of esters is 1. The van der Waals surface area contributed by atoms with Gasteiger partial charge in [0.1, 0.15) is 18.0 Å². The van der Waals surface area contributed by atoms with E-state index in [1.807, 2.05) is 45.0 Å². The molecule has 0 aliphatic carbocycles. The van der Waals surface area contributed by atoms with Gasteiger partial charge in [-0.15, -0.1) is 6.58 Å². The molecule has 0 saturated carbocycles. The summed E-state index contributed by atoms with van der Waals surface area (Å²) in [7, 11) is 0. The smallest absolute Gasteiger partial charge is 0.333 e. The lowest BCUT2D eigenvalue weighted by molar-refractivity contribution is -0.154. The van der Waals surface area contributed by atoms with Crippen molar-refractivity contribution in [3.05, 3.63) is 61.2 Å². The van der Waals surface area contributed by atoms with Gasteiger partial charge in [-0.25, -0.2) is 9.78 Å². The molecule has 6 nitrogen and oxygen atoms in total. The molecular formula is C19H23N3O3. The first kappa shape index (κ1) is 18.4. The molecule has 1 aromatic carbocycles. The third-order valence-corrected chi connectivity index (χ3v) is 3.32.